The number of ether oxygens (including phenoxy) is 1. The van der Waals surface area contributed by atoms with Crippen molar-refractivity contribution < 1.29 is 4.74 Å². The highest BCUT2D eigenvalue weighted by Crippen LogP contribution is 2.38. The molecule has 1 atom stereocenters. The van der Waals surface area contributed by atoms with Crippen LogP contribution in [0.2, 0.25) is 0 Å². The van der Waals surface area contributed by atoms with E-state index >= 15 is 0 Å². The number of allylic oxidation sites excluding steroid dienone is 2. The Labute approximate surface area is 83.6 Å². The van der Waals surface area contributed by atoms with Gasteiger partial charge >= 0.3 is 0 Å². The summed E-state index contributed by atoms with van der Waals surface area (Å²) in [6.07, 6.45) is 8.05. The quantitative estimate of drug-likeness (QED) is 0.631. The maximum Gasteiger partial charge on any atom is 0.111 e. The molecule has 3 rings (SSSR count). The fourth-order valence-corrected chi connectivity index (χ4v) is 2.25. The molecule has 1 spiro atoms. The molecule has 0 bridgehead atoms. The third-order valence-electron chi connectivity index (χ3n) is 3.14. The second-order valence-corrected chi connectivity index (χ2v) is 4.41. The van der Waals surface area contributed by atoms with Gasteiger partial charge in [0.25, 0.3) is 0 Å². The molecule has 2 N–H and O–H groups in total. The Morgan fingerprint density at radius 3 is 2.64 bits per heavy atom. The summed E-state index contributed by atoms with van der Waals surface area (Å²) in [7, 11) is 0. The molecule has 2 fully saturated rings. The fraction of sp³-hybridized carbons (Fsp3) is 0.600. The van der Waals surface area contributed by atoms with Gasteiger partial charge in [0.2, 0.25) is 0 Å². The van der Waals surface area contributed by atoms with Crippen LogP contribution in [0.3, 0.4) is 0 Å². The lowest BCUT2D eigenvalue weighted by Crippen LogP contribution is -2.70. The first-order valence-electron chi connectivity index (χ1n) is 5.01. The monoisotopic (exact) mass is 193 g/mol. The van der Waals surface area contributed by atoms with Crippen LogP contribution in [0.4, 0.5) is 0 Å². The SMILES string of the molecule is NC1C=CC=CN1N1CC2(COC2)C1. The van der Waals surface area contributed by atoms with Gasteiger partial charge in [0, 0.05) is 24.7 Å². The maximum atomic E-state index is 5.95. The predicted octanol–water partition coefficient (Wildman–Crippen LogP) is -0.0961. The Bertz CT molecular complexity index is 288. The minimum absolute atomic E-state index is 0.00153. The lowest BCUT2D eigenvalue weighted by Gasteiger charge is -2.58. The minimum atomic E-state index is -0.00153. The Hall–Kier alpha value is -0.840. The summed E-state index contributed by atoms with van der Waals surface area (Å²) in [5, 5.41) is 4.39. The molecule has 0 aromatic carbocycles. The Morgan fingerprint density at radius 2 is 2.07 bits per heavy atom. The van der Waals surface area contributed by atoms with Gasteiger partial charge in [-0.15, -0.1) is 0 Å². The number of hydrogen-bond acceptors (Lipinski definition) is 4. The van der Waals surface area contributed by atoms with Crippen molar-refractivity contribution in [2.75, 3.05) is 26.3 Å². The number of hydrogen-bond donors (Lipinski definition) is 1. The van der Waals surface area contributed by atoms with Gasteiger partial charge in [-0.1, -0.05) is 6.08 Å². The number of nitrogens with zero attached hydrogens (tertiary/aromatic N) is 2. The van der Waals surface area contributed by atoms with E-state index in [0.29, 0.717) is 5.41 Å². The molecule has 3 heterocycles. The smallest absolute Gasteiger partial charge is 0.111 e. The van der Waals surface area contributed by atoms with Crippen LogP contribution in [0.1, 0.15) is 0 Å². The third kappa shape index (κ3) is 1.11. The highest BCUT2D eigenvalue weighted by atomic mass is 16.5. The van der Waals surface area contributed by atoms with Crippen molar-refractivity contribution >= 4 is 0 Å². The molecule has 0 aliphatic carbocycles. The molecule has 0 radical (unpaired) electrons. The van der Waals surface area contributed by atoms with Gasteiger partial charge in [-0.2, -0.15) is 0 Å². The van der Waals surface area contributed by atoms with Crippen molar-refractivity contribution in [2.24, 2.45) is 11.1 Å². The van der Waals surface area contributed by atoms with E-state index in [-0.39, 0.29) is 6.17 Å². The maximum absolute atomic E-state index is 5.95. The van der Waals surface area contributed by atoms with E-state index in [2.05, 4.69) is 10.0 Å². The van der Waals surface area contributed by atoms with Crippen molar-refractivity contribution in [3.05, 3.63) is 24.4 Å². The fourth-order valence-electron chi connectivity index (χ4n) is 2.25. The topological polar surface area (TPSA) is 41.7 Å². The van der Waals surface area contributed by atoms with Crippen LogP contribution in [0.15, 0.2) is 24.4 Å². The van der Waals surface area contributed by atoms with Crippen molar-refractivity contribution in [1.82, 2.24) is 10.0 Å². The summed E-state index contributed by atoms with van der Waals surface area (Å²) in [4.78, 5) is 0. The second-order valence-electron chi connectivity index (χ2n) is 4.41. The average molecular weight is 193 g/mol. The van der Waals surface area contributed by atoms with E-state index < -0.39 is 0 Å². The molecule has 3 aliphatic heterocycles. The van der Waals surface area contributed by atoms with Crippen LogP contribution < -0.4 is 5.73 Å². The summed E-state index contributed by atoms with van der Waals surface area (Å²) >= 11 is 0. The zero-order valence-electron chi connectivity index (χ0n) is 8.10. The molecular weight excluding hydrogens is 178 g/mol. The number of rotatable bonds is 1. The summed E-state index contributed by atoms with van der Waals surface area (Å²) in [6.45, 7) is 4.01. The van der Waals surface area contributed by atoms with Crippen LogP contribution in [-0.4, -0.2) is 42.5 Å². The minimum Gasteiger partial charge on any atom is -0.380 e. The van der Waals surface area contributed by atoms with Crippen molar-refractivity contribution in [1.29, 1.82) is 0 Å². The number of nitrogens with two attached hydrogens (primary N) is 1. The molecule has 4 heteroatoms. The number of hydrazine groups is 1. The largest absolute Gasteiger partial charge is 0.380 e. The van der Waals surface area contributed by atoms with Gasteiger partial charge in [-0.25, -0.2) is 5.01 Å². The van der Waals surface area contributed by atoms with E-state index in [1.54, 1.807) is 0 Å². The van der Waals surface area contributed by atoms with Gasteiger partial charge < -0.3 is 10.5 Å². The first-order valence-corrected chi connectivity index (χ1v) is 5.01. The van der Waals surface area contributed by atoms with Crippen molar-refractivity contribution in [3.8, 4) is 0 Å². The van der Waals surface area contributed by atoms with Crippen LogP contribution >= 0.6 is 0 Å². The molecule has 76 valence electrons. The lowest BCUT2D eigenvalue weighted by atomic mass is 9.79. The first kappa shape index (κ1) is 8.47. The van der Waals surface area contributed by atoms with E-state index in [1.165, 1.54) is 0 Å². The van der Waals surface area contributed by atoms with Crippen molar-refractivity contribution in [3.63, 3.8) is 0 Å². The molecule has 0 amide bonds. The van der Waals surface area contributed by atoms with Gasteiger partial charge in [0.1, 0.15) is 6.17 Å². The van der Waals surface area contributed by atoms with Crippen LogP contribution in [-0.2, 0) is 4.74 Å². The highest BCUT2D eigenvalue weighted by Gasteiger charge is 2.50. The summed E-state index contributed by atoms with van der Waals surface area (Å²) in [6, 6.07) is 0. The summed E-state index contributed by atoms with van der Waals surface area (Å²) < 4.78 is 5.23. The molecule has 0 aromatic heterocycles. The Kier molecular flexibility index (Phi) is 1.71. The van der Waals surface area contributed by atoms with Crippen LogP contribution in [0.25, 0.3) is 0 Å². The molecule has 14 heavy (non-hydrogen) atoms. The Morgan fingerprint density at radius 1 is 1.29 bits per heavy atom. The molecule has 3 aliphatic rings. The molecule has 0 aromatic rings. The van der Waals surface area contributed by atoms with E-state index in [9.17, 15) is 0 Å². The first-order chi connectivity index (χ1) is 6.79. The zero-order chi connectivity index (χ0) is 9.60. The van der Waals surface area contributed by atoms with Crippen molar-refractivity contribution in [2.45, 2.75) is 6.17 Å². The Balaban J connectivity index is 1.62. The van der Waals surface area contributed by atoms with E-state index in [1.807, 2.05) is 24.4 Å². The predicted molar refractivity (Wildman–Crippen MR) is 52.9 cm³/mol. The molecule has 2 saturated heterocycles. The van der Waals surface area contributed by atoms with Crippen LogP contribution in [0.5, 0.6) is 0 Å². The lowest BCUT2D eigenvalue weighted by molar-refractivity contribution is -0.239. The summed E-state index contributed by atoms with van der Waals surface area (Å²) in [5.74, 6) is 0. The molecule has 4 nitrogen and oxygen atoms in total. The van der Waals surface area contributed by atoms with Gasteiger partial charge in [-0.05, 0) is 12.2 Å². The average Bonchev–Trinajstić information content (AvgIpc) is 2.03. The van der Waals surface area contributed by atoms with Gasteiger partial charge in [0.15, 0.2) is 0 Å². The standard InChI is InChI=1S/C10H15N3O/c11-9-3-1-2-4-13(9)12-5-10(6-12)7-14-8-10/h1-4,9H,5-8,11H2. The normalized spacial score (nSPS) is 34.4. The van der Waals surface area contributed by atoms with E-state index in [0.717, 1.165) is 26.3 Å². The zero-order valence-corrected chi connectivity index (χ0v) is 8.10. The molecule has 0 saturated carbocycles. The highest BCUT2D eigenvalue weighted by molar-refractivity contribution is 5.12. The third-order valence-corrected chi connectivity index (χ3v) is 3.14. The molecule has 1 unspecified atom stereocenters. The van der Waals surface area contributed by atoms with Crippen LogP contribution in [0, 0.1) is 5.41 Å². The summed E-state index contributed by atoms with van der Waals surface area (Å²) in [5.41, 5.74) is 6.41. The molecular formula is C10H15N3O. The van der Waals surface area contributed by atoms with Gasteiger partial charge in [-0.3, -0.25) is 5.01 Å². The van der Waals surface area contributed by atoms with E-state index in [4.69, 9.17) is 10.5 Å². The van der Waals surface area contributed by atoms with Gasteiger partial charge in [0.05, 0.1) is 13.2 Å². The second kappa shape index (κ2) is 2.82.